The SMILES string of the molecule is CCC(N)Cc1ncnc2c1cnn2-c1ccccc1. The fourth-order valence-electron chi connectivity index (χ4n) is 2.21. The third kappa shape index (κ3) is 2.28. The molecule has 2 N–H and O–H groups in total. The van der Waals surface area contributed by atoms with Crippen LogP contribution in [0, 0.1) is 0 Å². The molecule has 0 aliphatic heterocycles. The van der Waals surface area contributed by atoms with Crippen LogP contribution >= 0.6 is 0 Å². The van der Waals surface area contributed by atoms with E-state index in [1.54, 1.807) is 6.33 Å². The second kappa shape index (κ2) is 5.38. The smallest absolute Gasteiger partial charge is 0.166 e. The molecule has 2 aromatic heterocycles. The molecular weight excluding hydrogens is 250 g/mol. The standard InChI is InChI=1S/C15H17N5/c1-2-11(16)8-14-13-9-19-20(15(13)18-10-17-14)12-6-4-3-5-7-12/h3-7,9-11H,2,8,16H2,1H3. The number of fused-ring (bicyclic) bond motifs is 1. The largest absolute Gasteiger partial charge is 0.327 e. The molecule has 3 rings (SSSR count). The molecule has 1 atom stereocenters. The molecule has 0 bridgehead atoms. The maximum Gasteiger partial charge on any atom is 0.166 e. The predicted octanol–water partition coefficient (Wildman–Crippen LogP) is 2.10. The van der Waals surface area contributed by atoms with Crippen LogP contribution in [0.25, 0.3) is 16.7 Å². The van der Waals surface area contributed by atoms with Crippen LogP contribution in [0.15, 0.2) is 42.9 Å². The van der Waals surface area contributed by atoms with Gasteiger partial charge in [-0.3, -0.25) is 0 Å². The Balaban J connectivity index is 2.08. The maximum atomic E-state index is 6.03. The van der Waals surface area contributed by atoms with E-state index in [4.69, 9.17) is 5.73 Å². The maximum absolute atomic E-state index is 6.03. The van der Waals surface area contributed by atoms with Crippen molar-refractivity contribution >= 4 is 11.0 Å². The lowest BCUT2D eigenvalue weighted by Gasteiger charge is -2.08. The van der Waals surface area contributed by atoms with Crippen molar-refractivity contribution in [3.63, 3.8) is 0 Å². The van der Waals surface area contributed by atoms with Gasteiger partial charge in [-0.15, -0.1) is 0 Å². The average molecular weight is 267 g/mol. The highest BCUT2D eigenvalue weighted by Crippen LogP contribution is 2.19. The number of benzene rings is 1. The lowest BCUT2D eigenvalue weighted by Crippen LogP contribution is -2.22. The lowest BCUT2D eigenvalue weighted by atomic mass is 10.1. The van der Waals surface area contributed by atoms with Gasteiger partial charge in [0.25, 0.3) is 0 Å². The van der Waals surface area contributed by atoms with E-state index in [0.29, 0.717) is 0 Å². The summed E-state index contributed by atoms with van der Waals surface area (Å²) in [5.74, 6) is 0. The molecule has 3 aromatic rings. The Morgan fingerprint density at radius 3 is 2.75 bits per heavy atom. The first-order valence-corrected chi connectivity index (χ1v) is 6.78. The summed E-state index contributed by atoms with van der Waals surface area (Å²) in [6.07, 6.45) is 5.08. The molecule has 1 unspecified atom stereocenters. The van der Waals surface area contributed by atoms with Crippen LogP contribution in [0.4, 0.5) is 0 Å². The van der Waals surface area contributed by atoms with Gasteiger partial charge in [0, 0.05) is 12.5 Å². The van der Waals surface area contributed by atoms with Gasteiger partial charge in [0.05, 0.1) is 23.0 Å². The minimum atomic E-state index is 0.119. The molecule has 0 spiro atoms. The summed E-state index contributed by atoms with van der Waals surface area (Å²) in [5.41, 5.74) is 8.81. The molecule has 0 fully saturated rings. The summed E-state index contributed by atoms with van der Waals surface area (Å²) >= 11 is 0. The highest BCUT2D eigenvalue weighted by Gasteiger charge is 2.12. The molecular formula is C15H17N5. The number of rotatable bonds is 4. The van der Waals surface area contributed by atoms with E-state index in [-0.39, 0.29) is 6.04 Å². The summed E-state index contributed by atoms with van der Waals surface area (Å²) < 4.78 is 1.83. The lowest BCUT2D eigenvalue weighted by molar-refractivity contribution is 0.639. The predicted molar refractivity (Wildman–Crippen MR) is 78.6 cm³/mol. The molecule has 0 radical (unpaired) electrons. The van der Waals surface area contributed by atoms with Crippen LogP contribution < -0.4 is 5.73 Å². The first kappa shape index (κ1) is 12.7. The zero-order valence-electron chi connectivity index (χ0n) is 11.4. The van der Waals surface area contributed by atoms with Gasteiger partial charge in [0.1, 0.15) is 6.33 Å². The third-order valence-corrected chi connectivity index (χ3v) is 3.43. The van der Waals surface area contributed by atoms with Crippen molar-refractivity contribution in [3.8, 4) is 5.69 Å². The first-order chi connectivity index (χ1) is 9.79. The van der Waals surface area contributed by atoms with Crippen LogP contribution in [0.1, 0.15) is 19.0 Å². The fourth-order valence-corrected chi connectivity index (χ4v) is 2.21. The summed E-state index contributed by atoms with van der Waals surface area (Å²) in [6.45, 7) is 2.08. The minimum Gasteiger partial charge on any atom is -0.327 e. The van der Waals surface area contributed by atoms with Gasteiger partial charge in [-0.25, -0.2) is 14.6 Å². The zero-order valence-corrected chi connectivity index (χ0v) is 11.4. The number of aromatic nitrogens is 4. The summed E-state index contributed by atoms with van der Waals surface area (Å²) in [7, 11) is 0. The van der Waals surface area contributed by atoms with E-state index >= 15 is 0 Å². The van der Waals surface area contributed by atoms with Gasteiger partial charge in [0.15, 0.2) is 5.65 Å². The summed E-state index contributed by atoms with van der Waals surface area (Å²) in [5, 5.41) is 5.41. The molecule has 1 aromatic carbocycles. The molecule has 20 heavy (non-hydrogen) atoms. The molecule has 0 aliphatic carbocycles. The number of para-hydroxylation sites is 1. The molecule has 102 valence electrons. The van der Waals surface area contributed by atoms with Gasteiger partial charge < -0.3 is 5.73 Å². The Morgan fingerprint density at radius 1 is 1.20 bits per heavy atom. The van der Waals surface area contributed by atoms with Crippen LogP contribution in [-0.4, -0.2) is 25.8 Å². The number of hydrogen-bond acceptors (Lipinski definition) is 4. The Morgan fingerprint density at radius 2 is 2.00 bits per heavy atom. The van der Waals surface area contributed by atoms with E-state index in [2.05, 4.69) is 22.0 Å². The van der Waals surface area contributed by atoms with Crippen molar-refractivity contribution in [2.75, 3.05) is 0 Å². The van der Waals surface area contributed by atoms with E-state index in [9.17, 15) is 0 Å². The van der Waals surface area contributed by atoms with Crippen molar-refractivity contribution in [2.24, 2.45) is 5.73 Å². The van der Waals surface area contributed by atoms with Crippen molar-refractivity contribution in [2.45, 2.75) is 25.8 Å². The van der Waals surface area contributed by atoms with Gasteiger partial charge in [-0.1, -0.05) is 25.1 Å². The monoisotopic (exact) mass is 267 g/mol. The summed E-state index contributed by atoms with van der Waals surface area (Å²) in [4.78, 5) is 8.72. The van der Waals surface area contributed by atoms with E-state index < -0.39 is 0 Å². The molecule has 5 heteroatoms. The normalized spacial score (nSPS) is 12.7. The van der Waals surface area contributed by atoms with Gasteiger partial charge >= 0.3 is 0 Å². The van der Waals surface area contributed by atoms with Crippen molar-refractivity contribution < 1.29 is 0 Å². The number of hydrogen-bond donors (Lipinski definition) is 1. The van der Waals surface area contributed by atoms with Crippen LogP contribution in [-0.2, 0) is 6.42 Å². The van der Waals surface area contributed by atoms with E-state index in [0.717, 1.165) is 35.3 Å². The van der Waals surface area contributed by atoms with Crippen molar-refractivity contribution in [1.82, 2.24) is 19.7 Å². The highest BCUT2D eigenvalue weighted by molar-refractivity contribution is 5.78. The molecule has 0 aliphatic rings. The Hall–Kier alpha value is -2.27. The summed E-state index contributed by atoms with van der Waals surface area (Å²) in [6, 6.07) is 10.1. The number of nitrogens with two attached hydrogens (primary N) is 1. The third-order valence-electron chi connectivity index (χ3n) is 3.43. The first-order valence-electron chi connectivity index (χ1n) is 6.78. The van der Waals surface area contributed by atoms with Gasteiger partial charge in [0.2, 0.25) is 0 Å². The van der Waals surface area contributed by atoms with Crippen LogP contribution in [0.5, 0.6) is 0 Å². The minimum absolute atomic E-state index is 0.119. The molecule has 0 saturated heterocycles. The Kier molecular flexibility index (Phi) is 3.43. The van der Waals surface area contributed by atoms with E-state index in [1.165, 1.54) is 0 Å². The van der Waals surface area contributed by atoms with Crippen LogP contribution in [0.2, 0.25) is 0 Å². The zero-order chi connectivity index (χ0) is 13.9. The van der Waals surface area contributed by atoms with Crippen LogP contribution in [0.3, 0.4) is 0 Å². The van der Waals surface area contributed by atoms with E-state index in [1.807, 2.05) is 41.2 Å². The van der Waals surface area contributed by atoms with Crippen molar-refractivity contribution in [3.05, 3.63) is 48.5 Å². The highest BCUT2D eigenvalue weighted by atomic mass is 15.3. The molecule has 2 heterocycles. The Labute approximate surface area is 117 Å². The second-order valence-electron chi connectivity index (χ2n) is 4.82. The average Bonchev–Trinajstić information content (AvgIpc) is 2.93. The molecule has 0 saturated carbocycles. The molecule has 0 amide bonds. The molecule has 5 nitrogen and oxygen atoms in total. The van der Waals surface area contributed by atoms with Gasteiger partial charge in [-0.2, -0.15) is 5.10 Å². The number of nitrogens with zero attached hydrogens (tertiary/aromatic N) is 4. The fraction of sp³-hybridized carbons (Fsp3) is 0.267. The topological polar surface area (TPSA) is 69.6 Å². The van der Waals surface area contributed by atoms with Crippen molar-refractivity contribution in [1.29, 1.82) is 0 Å². The Bertz CT molecular complexity index is 705. The van der Waals surface area contributed by atoms with Gasteiger partial charge in [-0.05, 0) is 18.6 Å². The quantitative estimate of drug-likeness (QED) is 0.786. The second-order valence-corrected chi connectivity index (χ2v) is 4.82.